The Hall–Kier alpha value is -3.16. The number of hydrogen-bond donors (Lipinski definition) is 0. The minimum atomic E-state index is -1.13. The lowest BCUT2D eigenvalue weighted by molar-refractivity contribution is -0.123. The quantitative estimate of drug-likeness (QED) is 0.777. The van der Waals surface area contributed by atoms with Crippen LogP contribution in [0.2, 0.25) is 0 Å². The molecule has 0 radical (unpaired) electrons. The first-order valence-corrected chi connectivity index (χ1v) is 8.57. The highest BCUT2D eigenvalue weighted by Gasteiger charge is 2.54. The largest absolute Gasteiger partial charge is 0.271 e. The maximum atomic E-state index is 13.5. The zero-order valence-corrected chi connectivity index (χ0v) is 14.5. The summed E-state index contributed by atoms with van der Waals surface area (Å²) in [6.45, 7) is 2.38. The maximum absolute atomic E-state index is 13.5. The van der Waals surface area contributed by atoms with Crippen LogP contribution >= 0.6 is 0 Å². The summed E-state index contributed by atoms with van der Waals surface area (Å²) in [6, 6.07) is 8.93. The fourth-order valence-electron chi connectivity index (χ4n) is 3.30. The Morgan fingerprint density at radius 3 is 2.33 bits per heavy atom. The van der Waals surface area contributed by atoms with Crippen LogP contribution in [0.3, 0.4) is 0 Å². The summed E-state index contributed by atoms with van der Waals surface area (Å²) in [5, 5.41) is 9.37. The number of carbonyl (C=O) groups excluding carboxylic acids is 2. The molecule has 6 nitrogen and oxygen atoms in total. The minimum Gasteiger partial charge on any atom is -0.271 e. The Morgan fingerprint density at radius 2 is 1.67 bits per heavy atom. The molecule has 2 amide bonds. The number of aryl methyl sites for hydroxylation is 1. The van der Waals surface area contributed by atoms with E-state index in [1.807, 2.05) is 24.3 Å². The second kappa shape index (κ2) is 6.53. The van der Waals surface area contributed by atoms with Crippen LogP contribution in [0.15, 0.2) is 52.8 Å². The van der Waals surface area contributed by atoms with Gasteiger partial charge in [-0.2, -0.15) is 5.11 Å². The standard InChI is InChI=1S/C19H16F2N4O2/c1-2-11-3-5-12(6-4-11)10-24-17-16(22-23-24)18(26)25(19(17)27)13-7-8-14(20)15(21)9-13/h3-9,16-17H,2,10H2,1H3. The number of carbonyl (C=O) groups is 2. The maximum Gasteiger partial charge on any atom is 0.263 e. The zero-order valence-electron chi connectivity index (χ0n) is 14.5. The summed E-state index contributed by atoms with van der Waals surface area (Å²) in [5.74, 6) is -3.32. The van der Waals surface area contributed by atoms with Crippen LogP contribution < -0.4 is 4.90 Å². The molecule has 2 heterocycles. The first kappa shape index (κ1) is 17.3. The molecule has 2 atom stereocenters. The molecular formula is C19H16F2N4O2. The van der Waals surface area contributed by atoms with Crippen molar-refractivity contribution in [1.29, 1.82) is 0 Å². The molecule has 1 fully saturated rings. The van der Waals surface area contributed by atoms with Crippen LogP contribution in [-0.2, 0) is 22.6 Å². The second-order valence-corrected chi connectivity index (χ2v) is 6.47. The lowest BCUT2D eigenvalue weighted by Gasteiger charge is -2.20. The summed E-state index contributed by atoms with van der Waals surface area (Å²) < 4.78 is 26.7. The molecule has 4 rings (SSSR count). The lowest BCUT2D eigenvalue weighted by atomic mass is 10.1. The van der Waals surface area contributed by atoms with Gasteiger partial charge in [-0.3, -0.25) is 14.6 Å². The highest BCUT2D eigenvalue weighted by molar-refractivity contribution is 6.25. The average Bonchev–Trinajstić information content (AvgIpc) is 3.18. The van der Waals surface area contributed by atoms with Crippen molar-refractivity contribution in [3.8, 4) is 0 Å². The fraction of sp³-hybridized carbons (Fsp3) is 0.263. The number of anilines is 1. The first-order valence-electron chi connectivity index (χ1n) is 8.57. The lowest BCUT2D eigenvalue weighted by Crippen LogP contribution is -2.39. The molecule has 0 spiro atoms. The van der Waals surface area contributed by atoms with Gasteiger partial charge in [-0.05, 0) is 29.7 Å². The van der Waals surface area contributed by atoms with Gasteiger partial charge >= 0.3 is 0 Å². The van der Waals surface area contributed by atoms with Gasteiger partial charge in [0.05, 0.1) is 12.2 Å². The third-order valence-electron chi connectivity index (χ3n) is 4.80. The molecule has 2 aliphatic heterocycles. The molecule has 2 aliphatic rings. The van der Waals surface area contributed by atoms with Crippen molar-refractivity contribution in [1.82, 2.24) is 5.01 Å². The minimum absolute atomic E-state index is 0.0132. The molecule has 0 saturated carbocycles. The highest BCUT2D eigenvalue weighted by Crippen LogP contribution is 2.33. The predicted molar refractivity (Wildman–Crippen MR) is 92.6 cm³/mol. The number of fused-ring (bicyclic) bond motifs is 1. The second-order valence-electron chi connectivity index (χ2n) is 6.47. The highest BCUT2D eigenvalue weighted by atomic mass is 19.2. The van der Waals surface area contributed by atoms with Gasteiger partial charge < -0.3 is 0 Å². The van der Waals surface area contributed by atoms with Gasteiger partial charge in [0.1, 0.15) is 0 Å². The van der Waals surface area contributed by atoms with Gasteiger partial charge in [0.25, 0.3) is 11.8 Å². The Balaban J connectivity index is 1.58. The normalized spacial score (nSPS) is 21.3. The molecule has 138 valence electrons. The van der Waals surface area contributed by atoms with E-state index >= 15 is 0 Å². The van der Waals surface area contributed by atoms with Crippen molar-refractivity contribution in [3.63, 3.8) is 0 Å². The van der Waals surface area contributed by atoms with E-state index in [1.165, 1.54) is 16.6 Å². The topological polar surface area (TPSA) is 65.3 Å². The molecule has 0 aromatic heterocycles. The van der Waals surface area contributed by atoms with E-state index in [2.05, 4.69) is 17.3 Å². The number of halogens is 2. The molecule has 2 unspecified atom stereocenters. The van der Waals surface area contributed by atoms with Crippen molar-refractivity contribution in [3.05, 3.63) is 65.2 Å². The van der Waals surface area contributed by atoms with Crippen LogP contribution in [0.4, 0.5) is 14.5 Å². The van der Waals surface area contributed by atoms with E-state index in [0.717, 1.165) is 29.0 Å². The van der Waals surface area contributed by atoms with Crippen LogP contribution in [0.1, 0.15) is 18.1 Å². The van der Waals surface area contributed by atoms with Gasteiger partial charge in [-0.25, -0.2) is 13.7 Å². The van der Waals surface area contributed by atoms with E-state index in [0.29, 0.717) is 6.54 Å². The summed E-state index contributed by atoms with van der Waals surface area (Å²) in [5.41, 5.74) is 2.11. The predicted octanol–water partition coefficient (Wildman–Crippen LogP) is 3.02. The number of hydrogen-bond acceptors (Lipinski definition) is 5. The number of rotatable bonds is 4. The van der Waals surface area contributed by atoms with Gasteiger partial charge in [0.2, 0.25) is 0 Å². The van der Waals surface area contributed by atoms with Crippen LogP contribution in [-0.4, -0.2) is 28.9 Å². The van der Waals surface area contributed by atoms with Gasteiger partial charge in [0.15, 0.2) is 23.7 Å². The van der Waals surface area contributed by atoms with Crippen molar-refractivity contribution >= 4 is 17.5 Å². The number of imide groups is 1. The van der Waals surface area contributed by atoms with E-state index < -0.39 is 35.5 Å². The molecule has 8 heteroatoms. The summed E-state index contributed by atoms with van der Waals surface area (Å²) in [4.78, 5) is 26.3. The Kier molecular flexibility index (Phi) is 4.18. The van der Waals surface area contributed by atoms with Crippen molar-refractivity contribution in [2.45, 2.75) is 32.0 Å². The van der Waals surface area contributed by atoms with Crippen molar-refractivity contribution in [2.75, 3.05) is 4.90 Å². The summed E-state index contributed by atoms with van der Waals surface area (Å²) in [7, 11) is 0. The third kappa shape index (κ3) is 2.87. The third-order valence-corrected chi connectivity index (χ3v) is 4.80. The van der Waals surface area contributed by atoms with E-state index in [9.17, 15) is 18.4 Å². The van der Waals surface area contributed by atoms with Gasteiger partial charge in [-0.1, -0.05) is 36.4 Å². The molecule has 2 aromatic carbocycles. The molecule has 1 saturated heterocycles. The van der Waals surface area contributed by atoms with Gasteiger partial charge in [0, 0.05) is 6.07 Å². The monoisotopic (exact) mass is 370 g/mol. The van der Waals surface area contributed by atoms with Gasteiger partial charge in [-0.15, -0.1) is 0 Å². The van der Waals surface area contributed by atoms with Crippen molar-refractivity contribution < 1.29 is 18.4 Å². The first-order chi connectivity index (χ1) is 13.0. The molecule has 0 N–H and O–H groups in total. The van der Waals surface area contributed by atoms with E-state index in [4.69, 9.17) is 0 Å². The Bertz CT molecular complexity index is 945. The molecular weight excluding hydrogens is 354 g/mol. The Morgan fingerprint density at radius 1 is 0.963 bits per heavy atom. The molecule has 0 aliphatic carbocycles. The molecule has 2 aromatic rings. The number of amides is 2. The van der Waals surface area contributed by atoms with Crippen molar-refractivity contribution in [2.24, 2.45) is 10.3 Å². The van der Waals surface area contributed by atoms with E-state index in [1.54, 1.807) is 0 Å². The SMILES string of the molecule is CCc1ccc(CN2N=NC3C(=O)N(c4ccc(F)c(F)c4)C(=O)C32)cc1. The molecule has 27 heavy (non-hydrogen) atoms. The average molecular weight is 370 g/mol. The number of benzene rings is 2. The van der Waals surface area contributed by atoms with Crippen LogP contribution in [0, 0.1) is 11.6 Å². The number of nitrogens with zero attached hydrogens (tertiary/aromatic N) is 4. The zero-order chi connectivity index (χ0) is 19.1. The smallest absolute Gasteiger partial charge is 0.263 e. The van der Waals surface area contributed by atoms with E-state index in [-0.39, 0.29) is 5.69 Å². The van der Waals surface area contributed by atoms with Crippen LogP contribution in [0.5, 0.6) is 0 Å². The fourth-order valence-corrected chi connectivity index (χ4v) is 3.30. The summed E-state index contributed by atoms with van der Waals surface area (Å²) in [6.07, 6.45) is 0.921. The van der Waals surface area contributed by atoms with Crippen LogP contribution in [0.25, 0.3) is 0 Å². The Labute approximate surface area is 154 Å². The molecule has 0 bridgehead atoms. The summed E-state index contributed by atoms with van der Waals surface area (Å²) >= 11 is 0.